The van der Waals surface area contributed by atoms with Crippen LogP contribution >= 0.6 is 15.9 Å². The lowest BCUT2D eigenvalue weighted by Gasteiger charge is -2.08. The summed E-state index contributed by atoms with van der Waals surface area (Å²) in [6.45, 7) is 2.70. The number of rotatable bonds is 6. The van der Waals surface area contributed by atoms with Crippen LogP contribution in [-0.2, 0) is 14.4 Å². The second-order valence-electron chi connectivity index (χ2n) is 4.12. The van der Waals surface area contributed by atoms with Crippen molar-refractivity contribution in [2.24, 2.45) is 0 Å². The van der Waals surface area contributed by atoms with E-state index in [-0.39, 0.29) is 0 Å². The summed E-state index contributed by atoms with van der Waals surface area (Å²) < 4.78 is 0.717. The van der Waals surface area contributed by atoms with Crippen LogP contribution in [-0.4, -0.2) is 31.3 Å². The standard InChI is InChI=1S/C13H16BrN3O3/c1-9-3-4-11(10(14)7-9)17-13(20)12(19)16-6-2-5-15-8-18/h3-4,7-8H,2,5-6H2,1H3,(H,15,18)(H,16,19)(H,17,20). The summed E-state index contributed by atoms with van der Waals surface area (Å²) in [4.78, 5) is 33.2. The van der Waals surface area contributed by atoms with Crippen molar-refractivity contribution in [3.05, 3.63) is 28.2 Å². The number of nitrogens with one attached hydrogen (secondary N) is 3. The van der Waals surface area contributed by atoms with Gasteiger partial charge in [0.15, 0.2) is 0 Å². The van der Waals surface area contributed by atoms with Crippen molar-refractivity contribution in [2.45, 2.75) is 13.3 Å². The van der Waals surface area contributed by atoms with Crippen LogP contribution in [0.3, 0.4) is 0 Å². The summed E-state index contributed by atoms with van der Waals surface area (Å²) in [5.41, 5.74) is 1.58. The second-order valence-corrected chi connectivity index (χ2v) is 4.97. The highest BCUT2D eigenvalue weighted by molar-refractivity contribution is 9.10. The Morgan fingerprint density at radius 3 is 2.65 bits per heavy atom. The molecular weight excluding hydrogens is 326 g/mol. The third-order valence-electron chi connectivity index (χ3n) is 2.45. The average molecular weight is 342 g/mol. The van der Waals surface area contributed by atoms with Gasteiger partial charge in [-0.05, 0) is 47.0 Å². The molecule has 0 heterocycles. The zero-order chi connectivity index (χ0) is 15.0. The van der Waals surface area contributed by atoms with E-state index in [1.807, 2.05) is 19.1 Å². The van der Waals surface area contributed by atoms with Gasteiger partial charge in [-0.15, -0.1) is 0 Å². The molecule has 0 aromatic heterocycles. The fraction of sp³-hybridized carbons (Fsp3) is 0.308. The summed E-state index contributed by atoms with van der Waals surface area (Å²) in [5, 5.41) is 7.46. The van der Waals surface area contributed by atoms with Crippen LogP contribution in [0.4, 0.5) is 5.69 Å². The van der Waals surface area contributed by atoms with Gasteiger partial charge in [0, 0.05) is 17.6 Å². The first kappa shape index (κ1) is 16.2. The smallest absolute Gasteiger partial charge is 0.313 e. The van der Waals surface area contributed by atoms with Crippen molar-refractivity contribution in [1.82, 2.24) is 10.6 Å². The summed E-state index contributed by atoms with van der Waals surface area (Å²) in [5.74, 6) is -1.43. The molecule has 0 unspecified atom stereocenters. The summed E-state index contributed by atoms with van der Waals surface area (Å²) >= 11 is 3.32. The molecule has 0 bridgehead atoms. The van der Waals surface area contributed by atoms with Gasteiger partial charge in [0.2, 0.25) is 6.41 Å². The first-order valence-corrected chi connectivity index (χ1v) is 6.86. The van der Waals surface area contributed by atoms with Gasteiger partial charge in [-0.1, -0.05) is 6.07 Å². The molecule has 3 amide bonds. The van der Waals surface area contributed by atoms with Crippen LogP contribution in [0.15, 0.2) is 22.7 Å². The molecule has 0 fully saturated rings. The Bertz CT molecular complexity index is 506. The number of aryl methyl sites for hydroxylation is 1. The van der Waals surface area contributed by atoms with E-state index in [1.165, 1.54) is 0 Å². The van der Waals surface area contributed by atoms with Gasteiger partial charge >= 0.3 is 11.8 Å². The number of anilines is 1. The lowest BCUT2D eigenvalue weighted by Crippen LogP contribution is -2.36. The lowest BCUT2D eigenvalue weighted by molar-refractivity contribution is -0.136. The summed E-state index contributed by atoms with van der Waals surface area (Å²) in [7, 11) is 0. The van der Waals surface area contributed by atoms with Gasteiger partial charge in [0.05, 0.1) is 5.69 Å². The Morgan fingerprint density at radius 1 is 1.25 bits per heavy atom. The molecule has 0 radical (unpaired) electrons. The van der Waals surface area contributed by atoms with Crippen molar-refractivity contribution >= 4 is 39.8 Å². The van der Waals surface area contributed by atoms with Crippen molar-refractivity contribution in [1.29, 1.82) is 0 Å². The first-order valence-electron chi connectivity index (χ1n) is 6.07. The van der Waals surface area contributed by atoms with E-state index in [0.29, 0.717) is 36.1 Å². The van der Waals surface area contributed by atoms with E-state index in [0.717, 1.165) is 5.56 Å². The number of hydrogen-bond donors (Lipinski definition) is 3. The maximum absolute atomic E-state index is 11.7. The minimum absolute atomic E-state index is 0.322. The molecule has 1 rings (SSSR count). The van der Waals surface area contributed by atoms with Crippen LogP contribution in [0, 0.1) is 6.92 Å². The zero-order valence-corrected chi connectivity index (χ0v) is 12.6. The molecule has 108 valence electrons. The number of amides is 3. The molecule has 6 nitrogen and oxygen atoms in total. The quantitative estimate of drug-likeness (QED) is 0.409. The van der Waals surface area contributed by atoms with Crippen molar-refractivity contribution in [2.75, 3.05) is 18.4 Å². The predicted octanol–water partition coefficient (Wildman–Crippen LogP) is 0.948. The van der Waals surface area contributed by atoms with E-state index in [2.05, 4.69) is 31.9 Å². The van der Waals surface area contributed by atoms with Crippen molar-refractivity contribution in [3.8, 4) is 0 Å². The second kappa shape index (κ2) is 8.31. The number of hydrogen-bond acceptors (Lipinski definition) is 3. The Kier molecular flexibility index (Phi) is 6.72. The maximum atomic E-state index is 11.7. The fourth-order valence-corrected chi connectivity index (χ4v) is 2.02. The van der Waals surface area contributed by atoms with Gasteiger partial charge in [-0.2, -0.15) is 0 Å². The average Bonchev–Trinajstić information content (AvgIpc) is 2.41. The Labute approximate surface area is 125 Å². The normalized spacial score (nSPS) is 9.70. The molecule has 0 atom stereocenters. The molecule has 1 aromatic rings. The summed E-state index contributed by atoms with van der Waals surface area (Å²) in [6, 6.07) is 5.40. The van der Waals surface area contributed by atoms with E-state index in [1.54, 1.807) is 6.07 Å². The molecule has 0 saturated carbocycles. The first-order chi connectivity index (χ1) is 9.54. The van der Waals surface area contributed by atoms with Crippen LogP contribution in [0.25, 0.3) is 0 Å². The van der Waals surface area contributed by atoms with Crippen LogP contribution < -0.4 is 16.0 Å². The fourth-order valence-electron chi connectivity index (χ4n) is 1.43. The van der Waals surface area contributed by atoms with Gasteiger partial charge < -0.3 is 16.0 Å². The van der Waals surface area contributed by atoms with Gasteiger partial charge in [0.1, 0.15) is 0 Å². The summed E-state index contributed by atoms with van der Waals surface area (Å²) in [6.07, 6.45) is 1.15. The Morgan fingerprint density at radius 2 is 2.00 bits per heavy atom. The van der Waals surface area contributed by atoms with Crippen molar-refractivity contribution < 1.29 is 14.4 Å². The van der Waals surface area contributed by atoms with Crippen LogP contribution in [0.1, 0.15) is 12.0 Å². The van der Waals surface area contributed by atoms with Crippen LogP contribution in [0.5, 0.6) is 0 Å². The maximum Gasteiger partial charge on any atom is 0.313 e. The van der Waals surface area contributed by atoms with Crippen LogP contribution in [0.2, 0.25) is 0 Å². The lowest BCUT2D eigenvalue weighted by atomic mass is 10.2. The number of carbonyl (C=O) groups is 3. The zero-order valence-electron chi connectivity index (χ0n) is 11.0. The highest BCUT2D eigenvalue weighted by atomic mass is 79.9. The largest absolute Gasteiger partial charge is 0.359 e. The van der Waals surface area contributed by atoms with Crippen molar-refractivity contribution in [3.63, 3.8) is 0 Å². The molecule has 7 heteroatoms. The number of halogens is 1. The van der Waals surface area contributed by atoms with E-state index < -0.39 is 11.8 Å². The molecule has 1 aromatic carbocycles. The molecule has 0 aliphatic heterocycles. The van der Waals surface area contributed by atoms with E-state index in [9.17, 15) is 14.4 Å². The minimum atomic E-state index is -0.724. The third-order valence-corrected chi connectivity index (χ3v) is 3.10. The molecule has 0 aliphatic rings. The SMILES string of the molecule is Cc1ccc(NC(=O)C(=O)NCCCNC=O)c(Br)c1. The monoisotopic (exact) mass is 341 g/mol. The van der Waals surface area contributed by atoms with Gasteiger partial charge in [-0.3, -0.25) is 14.4 Å². The highest BCUT2D eigenvalue weighted by Crippen LogP contribution is 2.23. The topological polar surface area (TPSA) is 87.3 Å². The number of carbonyl (C=O) groups excluding carboxylic acids is 3. The molecule has 0 saturated heterocycles. The number of benzene rings is 1. The Hall–Kier alpha value is -1.89. The van der Waals surface area contributed by atoms with Gasteiger partial charge in [0.25, 0.3) is 0 Å². The molecule has 20 heavy (non-hydrogen) atoms. The molecule has 3 N–H and O–H groups in total. The molecule has 0 spiro atoms. The molecular formula is C13H16BrN3O3. The third kappa shape index (κ3) is 5.40. The van der Waals surface area contributed by atoms with E-state index >= 15 is 0 Å². The predicted molar refractivity (Wildman–Crippen MR) is 79.2 cm³/mol. The molecule has 0 aliphatic carbocycles. The Balaban J connectivity index is 2.41. The minimum Gasteiger partial charge on any atom is -0.359 e. The highest BCUT2D eigenvalue weighted by Gasteiger charge is 2.14. The van der Waals surface area contributed by atoms with Gasteiger partial charge in [-0.25, -0.2) is 0 Å². The van der Waals surface area contributed by atoms with E-state index in [4.69, 9.17) is 0 Å².